The van der Waals surface area contributed by atoms with Crippen LogP contribution in [0.1, 0.15) is 5.56 Å². The van der Waals surface area contributed by atoms with Crippen LogP contribution in [0.2, 0.25) is 0 Å². The van der Waals surface area contributed by atoms with Gasteiger partial charge in [-0.25, -0.2) is 0 Å². The van der Waals surface area contributed by atoms with E-state index in [0.29, 0.717) is 19.5 Å². The predicted octanol–water partition coefficient (Wildman–Crippen LogP) is 2.35. The Labute approximate surface area is 186 Å². The number of benzene rings is 2. The molecule has 2 saturated heterocycles. The molecule has 3 aliphatic rings. The van der Waals surface area contributed by atoms with Crippen molar-refractivity contribution in [2.75, 3.05) is 32.2 Å². The van der Waals surface area contributed by atoms with Crippen molar-refractivity contribution in [1.29, 1.82) is 0 Å². The van der Waals surface area contributed by atoms with Crippen molar-refractivity contribution in [1.82, 2.24) is 5.32 Å². The van der Waals surface area contributed by atoms with E-state index in [2.05, 4.69) is 5.32 Å². The fraction of sp³-hybridized carbons (Fsp3) is 0.360. The molecule has 2 amide bonds. The first kappa shape index (κ1) is 20.6. The minimum Gasteiger partial charge on any atom is -0.497 e. The van der Waals surface area contributed by atoms with E-state index >= 15 is 0 Å². The van der Waals surface area contributed by atoms with Gasteiger partial charge in [0.1, 0.15) is 17.1 Å². The number of fused-ring (bicyclic) bond motifs is 1. The fourth-order valence-electron chi connectivity index (χ4n) is 5.02. The van der Waals surface area contributed by atoms with Crippen LogP contribution in [0, 0.1) is 11.8 Å². The summed E-state index contributed by atoms with van der Waals surface area (Å²) in [7, 11) is 3.24. The molecule has 2 fully saturated rings. The van der Waals surface area contributed by atoms with Gasteiger partial charge in [-0.15, -0.1) is 0 Å². The Bertz CT molecular complexity index is 1050. The minimum absolute atomic E-state index is 0.0719. The summed E-state index contributed by atoms with van der Waals surface area (Å²) in [4.78, 5) is 28.2. The third-order valence-corrected chi connectivity index (χ3v) is 6.66. The molecule has 166 valence electrons. The Balaban J connectivity index is 1.27. The van der Waals surface area contributed by atoms with E-state index in [0.717, 1.165) is 22.7 Å². The zero-order chi connectivity index (χ0) is 22.3. The van der Waals surface area contributed by atoms with Crippen LogP contribution >= 0.6 is 0 Å². The molecule has 2 bridgehead atoms. The van der Waals surface area contributed by atoms with Crippen molar-refractivity contribution in [2.24, 2.45) is 11.8 Å². The van der Waals surface area contributed by atoms with Crippen LogP contribution in [0.4, 0.5) is 5.69 Å². The van der Waals surface area contributed by atoms with Crippen LogP contribution in [0.15, 0.2) is 60.7 Å². The Kier molecular flexibility index (Phi) is 5.13. The molecule has 0 radical (unpaired) electrons. The van der Waals surface area contributed by atoms with Crippen LogP contribution < -0.4 is 19.7 Å². The highest BCUT2D eigenvalue weighted by Gasteiger charge is 2.67. The average Bonchev–Trinajstić information content (AvgIpc) is 3.48. The van der Waals surface area contributed by atoms with Crippen molar-refractivity contribution in [3.63, 3.8) is 0 Å². The summed E-state index contributed by atoms with van der Waals surface area (Å²) in [5.74, 6) is 0.286. The van der Waals surface area contributed by atoms with Gasteiger partial charge in [0.2, 0.25) is 11.8 Å². The van der Waals surface area contributed by atoms with Gasteiger partial charge in [-0.3, -0.25) is 9.59 Å². The van der Waals surface area contributed by atoms with Crippen molar-refractivity contribution in [2.45, 2.75) is 18.1 Å². The number of nitrogens with zero attached hydrogens (tertiary/aromatic N) is 1. The maximum Gasteiger partial charge on any atom is 0.234 e. The smallest absolute Gasteiger partial charge is 0.234 e. The second-order valence-corrected chi connectivity index (χ2v) is 8.41. The Hall–Kier alpha value is -3.32. The molecular formula is C25H26N2O5. The lowest BCUT2D eigenvalue weighted by Crippen LogP contribution is -2.44. The molecule has 0 aliphatic carbocycles. The number of nitrogens with one attached hydrogen (secondary N) is 1. The predicted molar refractivity (Wildman–Crippen MR) is 119 cm³/mol. The van der Waals surface area contributed by atoms with Crippen LogP contribution in [0.25, 0.3) is 0 Å². The number of carbonyl (C=O) groups is 2. The fourth-order valence-corrected chi connectivity index (χ4v) is 5.02. The molecule has 7 nitrogen and oxygen atoms in total. The van der Waals surface area contributed by atoms with Crippen LogP contribution in [-0.4, -0.2) is 50.8 Å². The summed E-state index contributed by atoms with van der Waals surface area (Å²) >= 11 is 0. The highest BCUT2D eigenvalue weighted by molar-refractivity contribution is 6.03. The SMILES string of the molecule is COc1ccc(CCNC(=O)C2C3C=CC4(CN(c5ccc(OC)cc5)C(=O)[C@H]24)O3)cc1. The van der Waals surface area contributed by atoms with Gasteiger partial charge in [-0.05, 0) is 48.4 Å². The maximum atomic E-state index is 13.4. The van der Waals surface area contributed by atoms with E-state index in [-0.39, 0.29) is 17.9 Å². The lowest BCUT2D eigenvalue weighted by atomic mass is 9.77. The topological polar surface area (TPSA) is 77.1 Å². The molecule has 0 saturated carbocycles. The molecule has 3 heterocycles. The largest absolute Gasteiger partial charge is 0.497 e. The van der Waals surface area contributed by atoms with Gasteiger partial charge in [0.15, 0.2) is 0 Å². The molecular weight excluding hydrogens is 408 g/mol. The molecule has 4 atom stereocenters. The van der Waals surface area contributed by atoms with E-state index in [4.69, 9.17) is 14.2 Å². The third-order valence-electron chi connectivity index (χ3n) is 6.66. The summed E-state index contributed by atoms with van der Waals surface area (Å²) in [5, 5.41) is 3.01. The van der Waals surface area contributed by atoms with Crippen LogP contribution in [-0.2, 0) is 20.7 Å². The third kappa shape index (κ3) is 3.33. The highest BCUT2D eigenvalue weighted by atomic mass is 16.5. The van der Waals surface area contributed by atoms with Gasteiger partial charge < -0.3 is 24.4 Å². The van der Waals surface area contributed by atoms with Crippen LogP contribution in [0.5, 0.6) is 11.5 Å². The van der Waals surface area contributed by atoms with Gasteiger partial charge in [-0.2, -0.15) is 0 Å². The molecule has 7 heteroatoms. The van der Waals surface area contributed by atoms with Gasteiger partial charge in [0.25, 0.3) is 0 Å². The first-order valence-electron chi connectivity index (χ1n) is 10.8. The van der Waals surface area contributed by atoms with E-state index in [1.165, 1.54) is 0 Å². The molecule has 5 rings (SSSR count). The van der Waals surface area contributed by atoms with Crippen molar-refractivity contribution < 1.29 is 23.8 Å². The number of amides is 2. The van der Waals surface area contributed by atoms with Crippen molar-refractivity contribution in [3.05, 3.63) is 66.2 Å². The summed E-state index contributed by atoms with van der Waals surface area (Å²) < 4.78 is 16.6. The first-order valence-corrected chi connectivity index (χ1v) is 10.8. The second kappa shape index (κ2) is 7.98. The number of anilines is 1. The number of ether oxygens (including phenoxy) is 3. The van der Waals surface area contributed by atoms with Crippen molar-refractivity contribution >= 4 is 17.5 Å². The molecule has 3 aliphatic heterocycles. The van der Waals surface area contributed by atoms with Crippen molar-refractivity contribution in [3.8, 4) is 11.5 Å². The lowest BCUT2D eigenvalue weighted by Gasteiger charge is -2.23. The highest BCUT2D eigenvalue weighted by Crippen LogP contribution is 2.52. The number of carbonyl (C=O) groups excluding carboxylic acids is 2. The molecule has 0 aromatic heterocycles. The van der Waals surface area contributed by atoms with Gasteiger partial charge >= 0.3 is 0 Å². The summed E-state index contributed by atoms with van der Waals surface area (Å²) in [6.45, 7) is 0.902. The van der Waals surface area contributed by atoms with E-state index in [1.807, 2.05) is 60.7 Å². The summed E-state index contributed by atoms with van der Waals surface area (Å²) in [5.41, 5.74) is 1.15. The minimum atomic E-state index is -0.736. The molecule has 2 aromatic carbocycles. The molecule has 32 heavy (non-hydrogen) atoms. The molecule has 3 unspecified atom stereocenters. The van der Waals surface area contributed by atoms with Gasteiger partial charge in [-0.1, -0.05) is 24.3 Å². The normalized spacial score (nSPS) is 27.5. The molecule has 1 spiro atoms. The maximum absolute atomic E-state index is 13.4. The monoisotopic (exact) mass is 434 g/mol. The number of methoxy groups -OCH3 is 2. The standard InChI is InChI=1S/C25H26N2O5/c1-30-18-7-3-16(4-8-18)12-14-26-23(28)21-20-11-13-25(32-20)15-27(24(29)22(21)25)17-5-9-19(31-2)10-6-17/h3-11,13,20-22H,12,14-15H2,1-2H3,(H,26,28)/t20?,21?,22-,25?/m0/s1. The summed E-state index contributed by atoms with van der Waals surface area (Å²) in [6, 6.07) is 15.1. The Morgan fingerprint density at radius 2 is 1.75 bits per heavy atom. The first-order chi connectivity index (χ1) is 15.5. The quantitative estimate of drug-likeness (QED) is 0.677. The number of hydrogen-bond acceptors (Lipinski definition) is 5. The Morgan fingerprint density at radius 3 is 2.41 bits per heavy atom. The number of rotatable bonds is 7. The lowest BCUT2D eigenvalue weighted by molar-refractivity contribution is -0.131. The van der Waals surface area contributed by atoms with E-state index in [1.54, 1.807) is 19.1 Å². The second-order valence-electron chi connectivity index (χ2n) is 8.41. The van der Waals surface area contributed by atoms with E-state index in [9.17, 15) is 9.59 Å². The molecule has 2 aromatic rings. The zero-order valence-corrected chi connectivity index (χ0v) is 18.1. The number of hydrogen-bond donors (Lipinski definition) is 1. The average molecular weight is 434 g/mol. The van der Waals surface area contributed by atoms with Gasteiger partial charge in [0.05, 0.1) is 38.7 Å². The van der Waals surface area contributed by atoms with Crippen LogP contribution in [0.3, 0.4) is 0 Å². The Morgan fingerprint density at radius 1 is 1.09 bits per heavy atom. The van der Waals surface area contributed by atoms with E-state index < -0.39 is 17.4 Å². The summed E-state index contributed by atoms with van der Waals surface area (Å²) in [6.07, 6.45) is 4.23. The zero-order valence-electron chi connectivity index (χ0n) is 18.1. The van der Waals surface area contributed by atoms with Gasteiger partial charge in [0, 0.05) is 12.2 Å². The molecule has 1 N–H and O–H groups in total.